The standard InChI is InChI=1S/C27H38N2O4/c1-19(23-11-7-4-8-12-23)26(29)27(30)33-24-15-13-22(14-16-24)18-31-20(2)32-25(28)17-21-9-5-3-6-10-21/h3-12,19-20,22,24-26H,13-18,28-29H2,1-2H3. The fourth-order valence-corrected chi connectivity index (χ4v) is 4.28. The van der Waals surface area contributed by atoms with Crippen LogP contribution in [0.2, 0.25) is 0 Å². The van der Waals surface area contributed by atoms with E-state index in [-0.39, 0.29) is 24.3 Å². The molecule has 0 radical (unpaired) electrons. The predicted octanol–water partition coefficient (Wildman–Crippen LogP) is 4.13. The van der Waals surface area contributed by atoms with E-state index < -0.39 is 12.3 Å². The molecule has 0 bridgehead atoms. The van der Waals surface area contributed by atoms with Crippen LogP contribution in [-0.4, -0.2) is 37.2 Å². The van der Waals surface area contributed by atoms with Crippen molar-refractivity contribution in [3.8, 4) is 0 Å². The molecule has 1 saturated carbocycles. The molecule has 33 heavy (non-hydrogen) atoms. The monoisotopic (exact) mass is 454 g/mol. The first-order valence-corrected chi connectivity index (χ1v) is 12.0. The highest BCUT2D eigenvalue weighted by Crippen LogP contribution is 2.28. The fourth-order valence-electron chi connectivity index (χ4n) is 4.28. The minimum Gasteiger partial charge on any atom is -0.461 e. The predicted molar refractivity (Wildman–Crippen MR) is 129 cm³/mol. The second-order valence-electron chi connectivity index (χ2n) is 9.07. The number of hydrogen-bond donors (Lipinski definition) is 2. The molecule has 180 valence electrons. The summed E-state index contributed by atoms with van der Waals surface area (Å²) in [5.41, 5.74) is 14.5. The van der Waals surface area contributed by atoms with Gasteiger partial charge >= 0.3 is 5.97 Å². The van der Waals surface area contributed by atoms with Gasteiger partial charge in [-0.1, -0.05) is 67.6 Å². The Morgan fingerprint density at radius 3 is 2.18 bits per heavy atom. The van der Waals surface area contributed by atoms with Gasteiger partial charge in [-0.25, -0.2) is 0 Å². The molecule has 6 nitrogen and oxygen atoms in total. The van der Waals surface area contributed by atoms with Crippen molar-refractivity contribution >= 4 is 5.97 Å². The quantitative estimate of drug-likeness (QED) is 0.391. The topological polar surface area (TPSA) is 96.8 Å². The Labute approximate surface area is 197 Å². The molecule has 6 heteroatoms. The number of ether oxygens (including phenoxy) is 3. The number of carbonyl (C=O) groups is 1. The molecule has 1 aliphatic carbocycles. The van der Waals surface area contributed by atoms with Gasteiger partial charge in [0.25, 0.3) is 0 Å². The van der Waals surface area contributed by atoms with Gasteiger partial charge in [0, 0.05) is 12.3 Å². The molecule has 1 fully saturated rings. The molecule has 0 spiro atoms. The van der Waals surface area contributed by atoms with Crippen LogP contribution in [0.3, 0.4) is 0 Å². The Bertz CT molecular complexity index is 825. The summed E-state index contributed by atoms with van der Waals surface area (Å²) >= 11 is 0. The zero-order valence-electron chi connectivity index (χ0n) is 19.8. The maximum Gasteiger partial charge on any atom is 0.323 e. The number of esters is 1. The maximum absolute atomic E-state index is 12.6. The molecule has 0 heterocycles. The third-order valence-corrected chi connectivity index (χ3v) is 6.43. The SMILES string of the molecule is CC(OCC1CCC(OC(=O)C(N)C(C)c2ccccc2)CC1)OC(N)Cc1ccccc1. The van der Waals surface area contributed by atoms with Gasteiger partial charge < -0.3 is 25.7 Å². The molecule has 4 atom stereocenters. The van der Waals surface area contributed by atoms with E-state index in [0.29, 0.717) is 18.9 Å². The van der Waals surface area contributed by atoms with Crippen LogP contribution in [-0.2, 0) is 25.4 Å². The van der Waals surface area contributed by atoms with Crippen molar-refractivity contribution in [1.29, 1.82) is 0 Å². The average Bonchev–Trinajstić information content (AvgIpc) is 2.83. The van der Waals surface area contributed by atoms with E-state index in [9.17, 15) is 4.79 Å². The normalized spacial score (nSPS) is 22.2. The highest BCUT2D eigenvalue weighted by Gasteiger charge is 2.29. The largest absolute Gasteiger partial charge is 0.461 e. The summed E-state index contributed by atoms with van der Waals surface area (Å²) in [7, 11) is 0. The molecule has 0 amide bonds. The van der Waals surface area contributed by atoms with Crippen molar-refractivity contribution < 1.29 is 19.0 Å². The Hall–Kier alpha value is -2.25. The van der Waals surface area contributed by atoms with Crippen molar-refractivity contribution in [3.63, 3.8) is 0 Å². The third-order valence-electron chi connectivity index (χ3n) is 6.43. The van der Waals surface area contributed by atoms with E-state index in [4.69, 9.17) is 25.7 Å². The highest BCUT2D eigenvalue weighted by atomic mass is 16.7. The fraction of sp³-hybridized carbons (Fsp3) is 0.519. The molecule has 0 aliphatic heterocycles. The second kappa shape index (κ2) is 12.8. The lowest BCUT2D eigenvalue weighted by molar-refractivity contribution is -0.168. The Morgan fingerprint density at radius 1 is 0.939 bits per heavy atom. The number of rotatable bonds is 11. The Morgan fingerprint density at radius 2 is 1.55 bits per heavy atom. The number of carbonyl (C=O) groups excluding carboxylic acids is 1. The molecule has 2 aromatic carbocycles. The van der Waals surface area contributed by atoms with Gasteiger partial charge in [0.1, 0.15) is 18.4 Å². The maximum atomic E-state index is 12.6. The summed E-state index contributed by atoms with van der Waals surface area (Å²) in [5, 5.41) is 0. The highest BCUT2D eigenvalue weighted by molar-refractivity contribution is 5.77. The first-order valence-electron chi connectivity index (χ1n) is 12.0. The van der Waals surface area contributed by atoms with Gasteiger partial charge in [-0.05, 0) is 49.7 Å². The van der Waals surface area contributed by atoms with Crippen LogP contribution in [0, 0.1) is 5.92 Å². The van der Waals surface area contributed by atoms with Crippen LogP contribution in [0.15, 0.2) is 60.7 Å². The van der Waals surface area contributed by atoms with Crippen molar-refractivity contribution in [3.05, 3.63) is 71.8 Å². The molecule has 3 rings (SSSR count). The van der Waals surface area contributed by atoms with E-state index >= 15 is 0 Å². The molecule has 0 saturated heterocycles. The van der Waals surface area contributed by atoms with Crippen LogP contribution < -0.4 is 11.5 Å². The van der Waals surface area contributed by atoms with Crippen molar-refractivity contribution in [2.45, 2.75) is 76.5 Å². The minimum absolute atomic E-state index is 0.0734. The van der Waals surface area contributed by atoms with Crippen LogP contribution in [0.5, 0.6) is 0 Å². The molecule has 2 aromatic rings. The second-order valence-corrected chi connectivity index (χ2v) is 9.07. The van der Waals surface area contributed by atoms with Gasteiger partial charge in [0.2, 0.25) is 0 Å². The molecule has 1 aliphatic rings. The third kappa shape index (κ3) is 8.23. The van der Waals surface area contributed by atoms with E-state index in [1.54, 1.807) is 0 Å². The number of hydrogen-bond acceptors (Lipinski definition) is 6. The lowest BCUT2D eigenvalue weighted by Gasteiger charge is -2.30. The number of nitrogens with two attached hydrogens (primary N) is 2. The minimum atomic E-state index is -0.661. The Kier molecular flexibility index (Phi) is 9.88. The van der Waals surface area contributed by atoms with Crippen LogP contribution in [0.25, 0.3) is 0 Å². The first kappa shape index (κ1) is 25.4. The average molecular weight is 455 g/mol. The van der Waals surface area contributed by atoms with Gasteiger partial charge in [0.05, 0.1) is 6.61 Å². The van der Waals surface area contributed by atoms with E-state index in [1.807, 2.05) is 74.5 Å². The van der Waals surface area contributed by atoms with Crippen LogP contribution >= 0.6 is 0 Å². The molecule has 4 unspecified atom stereocenters. The summed E-state index contributed by atoms with van der Waals surface area (Å²) in [6.07, 6.45) is 3.36. The van der Waals surface area contributed by atoms with Crippen LogP contribution in [0.4, 0.5) is 0 Å². The lowest BCUT2D eigenvalue weighted by Crippen LogP contribution is -2.40. The zero-order valence-corrected chi connectivity index (χ0v) is 19.8. The smallest absolute Gasteiger partial charge is 0.323 e. The molecular weight excluding hydrogens is 416 g/mol. The van der Waals surface area contributed by atoms with Gasteiger partial charge in [-0.15, -0.1) is 0 Å². The van der Waals surface area contributed by atoms with Crippen molar-refractivity contribution in [2.24, 2.45) is 17.4 Å². The van der Waals surface area contributed by atoms with Gasteiger partial charge in [-0.3, -0.25) is 4.79 Å². The van der Waals surface area contributed by atoms with E-state index in [0.717, 1.165) is 36.8 Å². The van der Waals surface area contributed by atoms with Gasteiger partial charge in [0.15, 0.2) is 6.29 Å². The molecule has 4 N–H and O–H groups in total. The summed E-state index contributed by atoms with van der Waals surface area (Å²) in [4.78, 5) is 12.6. The van der Waals surface area contributed by atoms with Crippen molar-refractivity contribution in [2.75, 3.05) is 6.61 Å². The van der Waals surface area contributed by atoms with Crippen molar-refractivity contribution in [1.82, 2.24) is 0 Å². The number of benzene rings is 2. The van der Waals surface area contributed by atoms with E-state index in [2.05, 4.69) is 0 Å². The lowest BCUT2D eigenvalue weighted by atomic mass is 9.88. The summed E-state index contributed by atoms with van der Waals surface area (Å²) in [5.74, 6) is 0.0203. The van der Waals surface area contributed by atoms with Crippen LogP contribution in [0.1, 0.15) is 56.6 Å². The zero-order chi connectivity index (χ0) is 23.6. The molecule has 0 aromatic heterocycles. The van der Waals surface area contributed by atoms with E-state index in [1.165, 1.54) is 0 Å². The summed E-state index contributed by atoms with van der Waals surface area (Å²) in [6.45, 7) is 4.46. The van der Waals surface area contributed by atoms with Gasteiger partial charge in [-0.2, -0.15) is 0 Å². The Balaban J connectivity index is 1.33. The summed E-state index contributed by atoms with van der Waals surface area (Å²) < 4.78 is 17.4. The molecular formula is C27H38N2O4. The summed E-state index contributed by atoms with van der Waals surface area (Å²) in [6, 6.07) is 19.2. The first-order chi connectivity index (χ1) is 15.9.